The van der Waals surface area contributed by atoms with E-state index in [-0.39, 0.29) is 31.0 Å². The number of rotatable bonds is 8. The molecule has 0 unspecified atom stereocenters. The average molecular weight is 440 g/mol. The fourth-order valence-corrected chi connectivity index (χ4v) is 3.65. The summed E-state index contributed by atoms with van der Waals surface area (Å²) in [7, 11) is 0. The van der Waals surface area contributed by atoms with Crippen molar-refractivity contribution >= 4 is 30.0 Å². The van der Waals surface area contributed by atoms with Gasteiger partial charge < -0.3 is 19.9 Å². The van der Waals surface area contributed by atoms with Gasteiger partial charge in [-0.25, -0.2) is 4.79 Å². The molecule has 7 heteroatoms. The molecule has 29 heavy (non-hydrogen) atoms. The number of benzene rings is 2. The Morgan fingerprint density at radius 1 is 1.28 bits per heavy atom. The number of hydrogen-bond acceptors (Lipinski definition) is 5. The maximum absolute atomic E-state index is 11.5. The topological polar surface area (TPSA) is 67.8 Å². The first-order chi connectivity index (χ1) is 13.5. The molecule has 0 spiro atoms. The summed E-state index contributed by atoms with van der Waals surface area (Å²) in [4.78, 5) is 11.5. The fourth-order valence-electron chi connectivity index (χ4n) is 3.45. The zero-order valence-corrected chi connectivity index (χ0v) is 18.0. The maximum Gasteiger partial charge on any atom is 0.344 e. The molecule has 0 saturated heterocycles. The van der Waals surface area contributed by atoms with E-state index in [9.17, 15) is 9.90 Å². The Balaban J connectivity index is 0.00000300. The first-order valence-corrected chi connectivity index (χ1v) is 10.00. The molecule has 1 aliphatic carbocycles. The van der Waals surface area contributed by atoms with Crippen LogP contribution in [0.1, 0.15) is 36.1 Å². The van der Waals surface area contributed by atoms with E-state index in [1.54, 1.807) is 19.1 Å². The first-order valence-electron chi connectivity index (χ1n) is 9.62. The SMILES string of the molecule is CCOC(=O)COc1ccc2c(c1)C[C@H](NC[C@@H](O)c1cccc(Cl)c1)CC2.Cl. The molecule has 0 bridgehead atoms. The van der Waals surface area contributed by atoms with E-state index in [2.05, 4.69) is 11.4 Å². The number of hydrogen-bond donors (Lipinski definition) is 2. The van der Waals surface area contributed by atoms with E-state index in [1.165, 1.54) is 11.1 Å². The first kappa shape index (κ1) is 23.5. The molecule has 5 nitrogen and oxygen atoms in total. The molecule has 0 aliphatic heterocycles. The number of carbonyl (C=O) groups excluding carboxylic acids is 1. The molecule has 0 radical (unpaired) electrons. The van der Waals surface area contributed by atoms with Crippen molar-refractivity contribution in [3.05, 3.63) is 64.2 Å². The molecule has 0 heterocycles. The number of halogens is 2. The molecule has 2 N–H and O–H groups in total. The van der Waals surface area contributed by atoms with Gasteiger partial charge in [-0.2, -0.15) is 0 Å². The number of aliphatic hydroxyl groups excluding tert-OH is 1. The van der Waals surface area contributed by atoms with Crippen LogP contribution in [0, 0.1) is 0 Å². The van der Waals surface area contributed by atoms with E-state index in [0.717, 1.165) is 24.8 Å². The van der Waals surface area contributed by atoms with Crippen LogP contribution >= 0.6 is 24.0 Å². The molecule has 0 aromatic heterocycles. The minimum Gasteiger partial charge on any atom is -0.482 e. The maximum atomic E-state index is 11.5. The highest BCUT2D eigenvalue weighted by molar-refractivity contribution is 6.30. The van der Waals surface area contributed by atoms with Gasteiger partial charge in [0.05, 0.1) is 12.7 Å². The van der Waals surface area contributed by atoms with E-state index in [1.807, 2.05) is 24.3 Å². The van der Waals surface area contributed by atoms with Crippen molar-refractivity contribution in [1.82, 2.24) is 5.32 Å². The highest BCUT2D eigenvalue weighted by atomic mass is 35.5. The number of esters is 1. The molecule has 2 aromatic rings. The number of fused-ring (bicyclic) bond motifs is 1. The molecule has 3 rings (SSSR count). The molecule has 2 aromatic carbocycles. The van der Waals surface area contributed by atoms with Crippen LogP contribution in [0.25, 0.3) is 0 Å². The van der Waals surface area contributed by atoms with Crippen LogP contribution in [0.4, 0.5) is 0 Å². The zero-order valence-electron chi connectivity index (χ0n) is 16.4. The lowest BCUT2D eigenvalue weighted by Gasteiger charge is -2.27. The van der Waals surface area contributed by atoms with Crippen LogP contribution in [0.2, 0.25) is 5.02 Å². The van der Waals surface area contributed by atoms with Gasteiger partial charge in [0.2, 0.25) is 0 Å². The van der Waals surface area contributed by atoms with Crippen LogP contribution in [-0.2, 0) is 22.4 Å². The van der Waals surface area contributed by atoms with E-state index >= 15 is 0 Å². The van der Waals surface area contributed by atoms with Gasteiger partial charge in [0.1, 0.15) is 5.75 Å². The van der Waals surface area contributed by atoms with E-state index in [0.29, 0.717) is 23.9 Å². The lowest BCUT2D eigenvalue weighted by molar-refractivity contribution is -0.145. The van der Waals surface area contributed by atoms with Crippen molar-refractivity contribution in [1.29, 1.82) is 0 Å². The Bertz CT molecular complexity index is 815. The summed E-state index contributed by atoms with van der Waals surface area (Å²) < 4.78 is 10.4. The number of carbonyl (C=O) groups is 1. The molecular formula is C22H27Cl2NO4. The van der Waals surface area contributed by atoms with Crippen LogP contribution < -0.4 is 10.1 Å². The molecule has 158 valence electrons. The van der Waals surface area contributed by atoms with Crippen molar-refractivity contribution < 1.29 is 19.4 Å². The van der Waals surface area contributed by atoms with Gasteiger partial charge in [0.25, 0.3) is 0 Å². The van der Waals surface area contributed by atoms with E-state index in [4.69, 9.17) is 21.1 Å². The summed E-state index contributed by atoms with van der Waals surface area (Å²) in [5.74, 6) is 0.307. The highest BCUT2D eigenvalue weighted by Crippen LogP contribution is 2.26. The molecular weight excluding hydrogens is 413 g/mol. The lowest BCUT2D eigenvalue weighted by Crippen LogP contribution is -2.37. The second-order valence-corrected chi connectivity index (χ2v) is 7.38. The molecule has 0 fully saturated rings. The van der Waals surface area contributed by atoms with Crippen molar-refractivity contribution in [3.63, 3.8) is 0 Å². The summed E-state index contributed by atoms with van der Waals surface area (Å²) in [6, 6.07) is 13.5. The summed E-state index contributed by atoms with van der Waals surface area (Å²) >= 11 is 6.00. The van der Waals surface area contributed by atoms with Gasteiger partial charge in [-0.1, -0.05) is 29.8 Å². The minimum absolute atomic E-state index is 0. The molecule has 2 atom stereocenters. The van der Waals surface area contributed by atoms with Crippen molar-refractivity contribution in [3.8, 4) is 5.75 Å². The second-order valence-electron chi connectivity index (χ2n) is 6.94. The van der Waals surface area contributed by atoms with Gasteiger partial charge in [0.15, 0.2) is 6.61 Å². The largest absolute Gasteiger partial charge is 0.482 e. The predicted molar refractivity (Wildman–Crippen MR) is 116 cm³/mol. The fraction of sp³-hybridized carbons (Fsp3) is 0.409. The van der Waals surface area contributed by atoms with Crippen LogP contribution in [-0.4, -0.2) is 36.9 Å². The minimum atomic E-state index is -0.598. The van der Waals surface area contributed by atoms with Gasteiger partial charge in [-0.3, -0.25) is 0 Å². The number of aliphatic hydroxyl groups is 1. The van der Waals surface area contributed by atoms with Crippen LogP contribution in [0.3, 0.4) is 0 Å². The van der Waals surface area contributed by atoms with Crippen molar-refractivity contribution in [2.45, 2.75) is 38.3 Å². The Kier molecular flexibility index (Phi) is 9.24. The average Bonchev–Trinajstić information content (AvgIpc) is 2.70. The third-order valence-electron chi connectivity index (χ3n) is 4.90. The summed E-state index contributed by atoms with van der Waals surface area (Å²) in [6.07, 6.45) is 2.24. The van der Waals surface area contributed by atoms with E-state index < -0.39 is 6.10 Å². The summed E-state index contributed by atoms with van der Waals surface area (Å²) in [6.45, 7) is 2.51. The van der Waals surface area contributed by atoms with Gasteiger partial charge in [0, 0.05) is 17.6 Å². The Labute approximate surface area is 182 Å². The molecule has 0 saturated carbocycles. The summed E-state index contributed by atoms with van der Waals surface area (Å²) in [5, 5.41) is 14.5. The number of aryl methyl sites for hydroxylation is 1. The predicted octanol–water partition coefficient (Wildman–Crippen LogP) is 3.88. The Hall–Kier alpha value is -1.79. The van der Waals surface area contributed by atoms with Gasteiger partial charge in [-0.05, 0) is 67.1 Å². The van der Waals surface area contributed by atoms with Crippen LogP contribution in [0.15, 0.2) is 42.5 Å². The Morgan fingerprint density at radius 2 is 2.10 bits per heavy atom. The number of ether oxygens (including phenoxy) is 2. The third-order valence-corrected chi connectivity index (χ3v) is 5.14. The smallest absolute Gasteiger partial charge is 0.344 e. The molecule has 1 aliphatic rings. The normalized spacial score (nSPS) is 16.3. The van der Waals surface area contributed by atoms with Crippen molar-refractivity contribution in [2.24, 2.45) is 0 Å². The highest BCUT2D eigenvalue weighted by Gasteiger charge is 2.20. The van der Waals surface area contributed by atoms with Gasteiger partial charge >= 0.3 is 5.97 Å². The Morgan fingerprint density at radius 3 is 2.86 bits per heavy atom. The standard InChI is InChI=1S/C22H26ClNO4.ClH/c1-2-27-22(26)14-28-20-9-7-15-6-8-19(11-17(15)12-20)24-13-21(25)16-4-3-5-18(23)10-16;/h3-5,7,9-10,12,19,21,24-25H,2,6,8,11,13-14H2,1H3;1H/t19-,21-;/m1./s1. The van der Waals surface area contributed by atoms with Crippen molar-refractivity contribution in [2.75, 3.05) is 19.8 Å². The lowest BCUT2D eigenvalue weighted by atomic mass is 9.88. The zero-order chi connectivity index (χ0) is 19.9. The third kappa shape index (κ3) is 6.89. The second kappa shape index (κ2) is 11.4. The van der Waals surface area contributed by atoms with Gasteiger partial charge in [-0.15, -0.1) is 12.4 Å². The quantitative estimate of drug-likeness (QED) is 0.610. The van der Waals surface area contributed by atoms with Crippen LogP contribution in [0.5, 0.6) is 5.75 Å². The monoisotopic (exact) mass is 439 g/mol. The number of nitrogens with one attached hydrogen (secondary N) is 1. The molecule has 0 amide bonds. The summed E-state index contributed by atoms with van der Waals surface area (Å²) in [5.41, 5.74) is 3.32.